The third-order valence-electron chi connectivity index (χ3n) is 4.66. The summed E-state index contributed by atoms with van der Waals surface area (Å²) >= 11 is 7.40. The lowest BCUT2D eigenvalue weighted by atomic mass is 10.1. The highest BCUT2D eigenvalue weighted by molar-refractivity contribution is 7.14. The molecule has 1 unspecified atom stereocenters. The highest BCUT2D eigenvalue weighted by Crippen LogP contribution is 2.30. The van der Waals surface area contributed by atoms with E-state index in [1.54, 1.807) is 9.80 Å². The number of hydrogen-bond acceptors (Lipinski definition) is 6. The van der Waals surface area contributed by atoms with Crippen LogP contribution in [0, 0.1) is 11.5 Å². The molecule has 2 aliphatic rings. The number of halogens is 1. The molecule has 128 valence electrons. The SMILES string of the molecule is N#CN1CCN2CCN(c3nc(-c4ccc(Cl)cc4)cs3)C(=O)C2C1. The van der Waals surface area contributed by atoms with Gasteiger partial charge in [0, 0.05) is 42.1 Å². The molecule has 1 atom stereocenters. The van der Waals surface area contributed by atoms with Gasteiger partial charge in [-0.2, -0.15) is 5.26 Å². The van der Waals surface area contributed by atoms with Gasteiger partial charge in [-0.15, -0.1) is 11.3 Å². The van der Waals surface area contributed by atoms with Crippen molar-refractivity contribution in [3.8, 4) is 17.5 Å². The Hall–Kier alpha value is -2.14. The smallest absolute Gasteiger partial charge is 0.248 e. The van der Waals surface area contributed by atoms with Crippen LogP contribution in [0.5, 0.6) is 0 Å². The summed E-state index contributed by atoms with van der Waals surface area (Å²) in [6.07, 6.45) is 2.15. The van der Waals surface area contributed by atoms with Crippen molar-refractivity contribution in [2.45, 2.75) is 6.04 Å². The van der Waals surface area contributed by atoms with Crippen LogP contribution in [0.2, 0.25) is 5.02 Å². The first-order valence-electron chi connectivity index (χ1n) is 8.07. The summed E-state index contributed by atoms with van der Waals surface area (Å²) in [5.74, 6) is 0.0307. The second-order valence-corrected chi connectivity index (χ2v) is 7.38. The van der Waals surface area contributed by atoms with Crippen molar-refractivity contribution in [2.24, 2.45) is 0 Å². The summed E-state index contributed by atoms with van der Waals surface area (Å²) in [5, 5.41) is 12.5. The van der Waals surface area contributed by atoms with Crippen LogP contribution in [0.4, 0.5) is 5.13 Å². The molecule has 0 N–H and O–H groups in total. The Morgan fingerprint density at radius 1 is 1.20 bits per heavy atom. The molecule has 8 heteroatoms. The van der Waals surface area contributed by atoms with Gasteiger partial charge in [-0.25, -0.2) is 4.98 Å². The minimum Gasteiger partial charge on any atom is -0.307 e. The quantitative estimate of drug-likeness (QED) is 0.756. The van der Waals surface area contributed by atoms with E-state index in [2.05, 4.69) is 16.1 Å². The van der Waals surface area contributed by atoms with Crippen molar-refractivity contribution < 1.29 is 4.79 Å². The number of amides is 1. The van der Waals surface area contributed by atoms with Gasteiger partial charge < -0.3 is 4.90 Å². The number of hydrogen-bond donors (Lipinski definition) is 0. The summed E-state index contributed by atoms with van der Waals surface area (Å²) in [5.41, 5.74) is 1.82. The van der Waals surface area contributed by atoms with Crippen LogP contribution in [-0.2, 0) is 4.79 Å². The average Bonchev–Trinajstić information content (AvgIpc) is 3.12. The summed E-state index contributed by atoms with van der Waals surface area (Å²) in [7, 11) is 0. The largest absolute Gasteiger partial charge is 0.307 e. The summed E-state index contributed by atoms with van der Waals surface area (Å²) in [4.78, 5) is 23.1. The lowest BCUT2D eigenvalue weighted by molar-refractivity contribution is -0.127. The molecule has 4 rings (SSSR count). The van der Waals surface area contributed by atoms with Crippen molar-refractivity contribution in [2.75, 3.05) is 37.6 Å². The number of piperazine rings is 2. The minimum atomic E-state index is -0.259. The Balaban J connectivity index is 1.55. The number of carbonyl (C=O) groups is 1. The molecule has 1 aromatic carbocycles. The van der Waals surface area contributed by atoms with Gasteiger partial charge in [0.15, 0.2) is 11.3 Å². The van der Waals surface area contributed by atoms with Gasteiger partial charge in [-0.05, 0) is 12.1 Å². The minimum absolute atomic E-state index is 0.0307. The number of nitriles is 1. The first-order valence-corrected chi connectivity index (χ1v) is 9.33. The van der Waals surface area contributed by atoms with E-state index in [4.69, 9.17) is 16.9 Å². The Morgan fingerprint density at radius 2 is 1.96 bits per heavy atom. The van der Waals surface area contributed by atoms with Crippen LogP contribution >= 0.6 is 22.9 Å². The number of anilines is 1. The van der Waals surface area contributed by atoms with Gasteiger partial charge in [-0.1, -0.05) is 23.7 Å². The first-order chi connectivity index (χ1) is 12.2. The summed E-state index contributed by atoms with van der Waals surface area (Å²) in [6, 6.07) is 7.25. The Labute approximate surface area is 154 Å². The Bertz CT molecular complexity index is 830. The molecule has 0 bridgehead atoms. The fourth-order valence-corrected chi connectivity index (χ4v) is 4.25. The normalized spacial score (nSPS) is 21.1. The van der Waals surface area contributed by atoms with E-state index in [9.17, 15) is 4.79 Å². The van der Waals surface area contributed by atoms with Crippen LogP contribution in [-0.4, -0.2) is 59.5 Å². The number of thiazole rings is 1. The number of fused-ring (bicyclic) bond motifs is 1. The molecule has 6 nitrogen and oxygen atoms in total. The molecule has 25 heavy (non-hydrogen) atoms. The molecule has 0 spiro atoms. The van der Waals surface area contributed by atoms with E-state index >= 15 is 0 Å². The van der Waals surface area contributed by atoms with Crippen LogP contribution < -0.4 is 4.90 Å². The molecule has 3 heterocycles. The molecule has 0 saturated carbocycles. The summed E-state index contributed by atoms with van der Waals surface area (Å²) < 4.78 is 0. The number of benzene rings is 1. The fraction of sp³-hybridized carbons (Fsp3) is 0.353. The van der Waals surface area contributed by atoms with Gasteiger partial charge in [-0.3, -0.25) is 14.6 Å². The lowest BCUT2D eigenvalue weighted by Gasteiger charge is -2.44. The molecular formula is C17H16ClN5OS. The second kappa shape index (κ2) is 6.64. The first kappa shape index (κ1) is 16.3. The second-order valence-electron chi connectivity index (χ2n) is 6.11. The van der Waals surface area contributed by atoms with E-state index in [0.717, 1.165) is 24.3 Å². The molecule has 0 aliphatic carbocycles. The topological polar surface area (TPSA) is 63.5 Å². The molecule has 2 aliphatic heterocycles. The lowest BCUT2D eigenvalue weighted by Crippen LogP contribution is -2.64. The van der Waals surface area contributed by atoms with Gasteiger partial charge >= 0.3 is 0 Å². The maximum atomic E-state index is 12.9. The highest BCUT2D eigenvalue weighted by atomic mass is 35.5. The van der Waals surface area contributed by atoms with E-state index < -0.39 is 0 Å². The van der Waals surface area contributed by atoms with E-state index in [1.165, 1.54) is 11.3 Å². The standard InChI is InChI=1S/C17H16ClN5OS/c18-13-3-1-12(2-4-13)14-10-25-17(20-14)23-8-7-22-6-5-21(11-19)9-15(22)16(23)24/h1-4,10,15H,5-9H2. The molecule has 2 aromatic rings. The third-order valence-corrected chi connectivity index (χ3v) is 5.77. The Kier molecular flexibility index (Phi) is 4.34. The maximum absolute atomic E-state index is 12.9. The Morgan fingerprint density at radius 3 is 2.72 bits per heavy atom. The predicted octanol–water partition coefficient (Wildman–Crippen LogP) is 2.28. The van der Waals surface area contributed by atoms with E-state index in [-0.39, 0.29) is 11.9 Å². The van der Waals surface area contributed by atoms with Crippen molar-refractivity contribution in [3.05, 3.63) is 34.7 Å². The predicted molar refractivity (Wildman–Crippen MR) is 97.5 cm³/mol. The van der Waals surface area contributed by atoms with Crippen LogP contribution in [0.15, 0.2) is 29.6 Å². The molecule has 1 amide bonds. The third kappa shape index (κ3) is 3.09. The van der Waals surface area contributed by atoms with Crippen molar-refractivity contribution >= 4 is 34.0 Å². The van der Waals surface area contributed by atoms with Gasteiger partial charge in [0.1, 0.15) is 6.04 Å². The fourth-order valence-electron chi connectivity index (χ4n) is 3.26. The zero-order chi connectivity index (χ0) is 17.4. The van der Waals surface area contributed by atoms with Gasteiger partial charge in [0.25, 0.3) is 0 Å². The van der Waals surface area contributed by atoms with Gasteiger partial charge in [0.2, 0.25) is 5.91 Å². The van der Waals surface area contributed by atoms with Gasteiger partial charge in [0.05, 0.1) is 12.2 Å². The average molecular weight is 374 g/mol. The molecule has 2 saturated heterocycles. The molecular weight excluding hydrogens is 358 g/mol. The number of carbonyl (C=O) groups excluding carboxylic acids is 1. The van der Waals surface area contributed by atoms with Crippen molar-refractivity contribution in [3.63, 3.8) is 0 Å². The maximum Gasteiger partial charge on any atom is 0.248 e. The van der Waals surface area contributed by atoms with Crippen molar-refractivity contribution in [1.29, 1.82) is 5.26 Å². The zero-order valence-corrected chi connectivity index (χ0v) is 15.0. The number of rotatable bonds is 2. The van der Waals surface area contributed by atoms with E-state index in [1.807, 2.05) is 29.6 Å². The molecule has 2 fully saturated rings. The highest BCUT2D eigenvalue weighted by Gasteiger charge is 2.39. The number of aromatic nitrogens is 1. The van der Waals surface area contributed by atoms with Crippen LogP contribution in [0.1, 0.15) is 0 Å². The van der Waals surface area contributed by atoms with Crippen LogP contribution in [0.25, 0.3) is 11.3 Å². The van der Waals surface area contributed by atoms with Crippen molar-refractivity contribution in [1.82, 2.24) is 14.8 Å². The number of nitrogens with zero attached hydrogens (tertiary/aromatic N) is 5. The van der Waals surface area contributed by atoms with Crippen LogP contribution in [0.3, 0.4) is 0 Å². The molecule has 1 aromatic heterocycles. The summed E-state index contributed by atoms with van der Waals surface area (Å²) in [6.45, 7) is 3.35. The van der Waals surface area contributed by atoms with E-state index in [0.29, 0.717) is 29.8 Å². The monoisotopic (exact) mass is 373 g/mol. The zero-order valence-electron chi connectivity index (χ0n) is 13.4. The molecule has 0 radical (unpaired) electrons.